The van der Waals surface area contributed by atoms with Crippen molar-refractivity contribution in [2.75, 3.05) is 4.90 Å². The molecule has 0 spiro atoms. The SMILES string of the molecule is CC1(C)c2ccccc2-c2cc(N(c3ccc(C(C)(c4ccccc4)c4ccccc4)cc3)c3ccc4ccccc4c3-c3cccc4c3oc3ccccc34)ccc21. The fourth-order valence-electron chi connectivity index (χ4n) is 9.93. The van der Waals surface area contributed by atoms with Crippen molar-refractivity contribution in [1.29, 1.82) is 0 Å². The molecule has 0 bridgehead atoms. The molecule has 1 aliphatic carbocycles. The lowest BCUT2D eigenvalue weighted by Gasteiger charge is -2.33. The van der Waals surface area contributed by atoms with Gasteiger partial charge in [-0.1, -0.05) is 184 Å². The van der Waals surface area contributed by atoms with Crippen molar-refractivity contribution < 1.29 is 4.42 Å². The van der Waals surface area contributed by atoms with E-state index in [1.807, 2.05) is 6.07 Å². The molecule has 0 amide bonds. The molecule has 59 heavy (non-hydrogen) atoms. The van der Waals surface area contributed by atoms with E-state index >= 15 is 0 Å². The van der Waals surface area contributed by atoms with E-state index in [0.29, 0.717) is 0 Å². The molecule has 0 aliphatic heterocycles. The van der Waals surface area contributed by atoms with Crippen LogP contribution in [0.25, 0.3) is 55.0 Å². The number of hydrogen-bond acceptors (Lipinski definition) is 2. The Morgan fingerprint density at radius 3 is 1.78 bits per heavy atom. The van der Waals surface area contributed by atoms with Gasteiger partial charge in [-0.2, -0.15) is 0 Å². The van der Waals surface area contributed by atoms with Crippen molar-refractivity contribution in [3.8, 4) is 22.3 Å². The van der Waals surface area contributed by atoms with Gasteiger partial charge in [0, 0.05) is 44.1 Å². The number of fused-ring (bicyclic) bond motifs is 7. The summed E-state index contributed by atoms with van der Waals surface area (Å²) in [4.78, 5) is 2.46. The van der Waals surface area contributed by atoms with Gasteiger partial charge in [0.25, 0.3) is 0 Å². The highest BCUT2D eigenvalue weighted by molar-refractivity contribution is 6.15. The molecule has 2 heteroatoms. The second-order valence-electron chi connectivity index (χ2n) is 16.6. The van der Waals surface area contributed by atoms with Crippen LogP contribution in [0.3, 0.4) is 0 Å². The molecule has 282 valence electrons. The van der Waals surface area contributed by atoms with Crippen molar-refractivity contribution in [1.82, 2.24) is 0 Å². The Bertz CT molecular complexity index is 3150. The lowest BCUT2D eigenvalue weighted by molar-refractivity contribution is 0.660. The third kappa shape index (κ3) is 5.40. The van der Waals surface area contributed by atoms with Crippen molar-refractivity contribution in [3.05, 3.63) is 234 Å². The average Bonchev–Trinajstić information content (AvgIpc) is 3.79. The van der Waals surface area contributed by atoms with E-state index in [1.165, 1.54) is 49.7 Å². The molecule has 1 aromatic heterocycles. The lowest BCUT2D eigenvalue weighted by Crippen LogP contribution is -2.25. The van der Waals surface area contributed by atoms with Gasteiger partial charge in [0.1, 0.15) is 11.2 Å². The van der Waals surface area contributed by atoms with E-state index in [0.717, 1.165) is 50.1 Å². The minimum absolute atomic E-state index is 0.0959. The van der Waals surface area contributed by atoms with E-state index in [4.69, 9.17) is 4.42 Å². The number of furan rings is 1. The third-order valence-electron chi connectivity index (χ3n) is 13.1. The first-order chi connectivity index (χ1) is 28.9. The molecular formula is C57H43NO. The minimum Gasteiger partial charge on any atom is -0.455 e. The highest BCUT2D eigenvalue weighted by atomic mass is 16.3. The highest BCUT2D eigenvalue weighted by Crippen LogP contribution is 2.53. The summed E-state index contributed by atoms with van der Waals surface area (Å²) < 4.78 is 6.77. The molecule has 11 rings (SSSR count). The van der Waals surface area contributed by atoms with Crippen LogP contribution in [0.1, 0.15) is 48.6 Å². The van der Waals surface area contributed by atoms with Crippen LogP contribution in [-0.2, 0) is 10.8 Å². The van der Waals surface area contributed by atoms with E-state index in [-0.39, 0.29) is 10.8 Å². The van der Waals surface area contributed by atoms with Crippen LogP contribution in [0.2, 0.25) is 0 Å². The largest absolute Gasteiger partial charge is 0.455 e. The topological polar surface area (TPSA) is 16.4 Å². The second kappa shape index (κ2) is 13.5. The Morgan fingerprint density at radius 1 is 0.441 bits per heavy atom. The molecule has 1 aliphatic rings. The molecule has 0 N–H and O–H groups in total. The lowest BCUT2D eigenvalue weighted by atomic mass is 9.71. The minimum atomic E-state index is -0.361. The zero-order chi connectivity index (χ0) is 39.7. The molecule has 0 radical (unpaired) electrons. The molecule has 0 saturated heterocycles. The van der Waals surface area contributed by atoms with Gasteiger partial charge in [-0.05, 0) is 93.0 Å². The number of rotatable bonds is 7. The molecule has 9 aromatic carbocycles. The van der Waals surface area contributed by atoms with Gasteiger partial charge in [0.15, 0.2) is 0 Å². The van der Waals surface area contributed by atoms with Gasteiger partial charge in [-0.25, -0.2) is 0 Å². The van der Waals surface area contributed by atoms with Gasteiger partial charge in [0.05, 0.1) is 5.69 Å². The molecule has 1 heterocycles. The highest BCUT2D eigenvalue weighted by Gasteiger charge is 2.36. The van der Waals surface area contributed by atoms with Crippen LogP contribution in [0.5, 0.6) is 0 Å². The summed E-state index contributed by atoms with van der Waals surface area (Å²) in [7, 11) is 0. The maximum atomic E-state index is 6.77. The normalized spacial score (nSPS) is 13.1. The zero-order valence-corrected chi connectivity index (χ0v) is 33.5. The number of anilines is 3. The predicted octanol–water partition coefficient (Wildman–Crippen LogP) is 15.5. The van der Waals surface area contributed by atoms with Crippen LogP contribution in [0.4, 0.5) is 17.1 Å². The Hall–Kier alpha value is -7.16. The Morgan fingerprint density at radius 2 is 1.02 bits per heavy atom. The second-order valence-corrected chi connectivity index (χ2v) is 16.6. The van der Waals surface area contributed by atoms with Crippen molar-refractivity contribution in [2.24, 2.45) is 0 Å². The van der Waals surface area contributed by atoms with Crippen molar-refractivity contribution in [3.63, 3.8) is 0 Å². The zero-order valence-electron chi connectivity index (χ0n) is 33.5. The van der Waals surface area contributed by atoms with Gasteiger partial charge >= 0.3 is 0 Å². The fraction of sp³-hybridized carbons (Fsp3) is 0.0877. The fourth-order valence-corrected chi connectivity index (χ4v) is 9.93. The Kier molecular flexibility index (Phi) is 8.00. The molecule has 2 nitrogen and oxygen atoms in total. The first-order valence-electron chi connectivity index (χ1n) is 20.6. The number of para-hydroxylation sites is 2. The van der Waals surface area contributed by atoms with Crippen LogP contribution in [0.15, 0.2) is 211 Å². The summed E-state index contributed by atoms with van der Waals surface area (Å²) in [6.07, 6.45) is 0. The maximum Gasteiger partial charge on any atom is 0.143 e. The summed E-state index contributed by atoms with van der Waals surface area (Å²) in [5.41, 5.74) is 15.9. The number of benzene rings is 9. The van der Waals surface area contributed by atoms with Crippen LogP contribution < -0.4 is 4.90 Å². The third-order valence-corrected chi connectivity index (χ3v) is 13.1. The first kappa shape index (κ1) is 35.0. The van der Waals surface area contributed by atoms with Gasteiger partial charge < -0.3 is 9.32 Å². The summed E-state index contributed by atoms with van der Waals surface area (Å²) in [5, 5.41) is 4.59. The van der Waals surface area contributed by atoms with Crippen molar-refractivity contribution >= 4 is 49.8 Å². The molecule has 0 saturated carbocycles. The predicted molar refractivity (Wildman–Crippen MR) is 247 cm³/mol. The molecule has 10 aromatic rings. The number of nitrogens with zero attached hydrogens (tertiary/aromatic N) is 1. The quantitative estimate of drug-likeness (QED) is 0.151. The Labute approximate surface area is 345 Å². The molecule has 0 unspecified atom stereocenters. The number of hydrogen-bond donors (Lipinski definition) is 0. The molecular weight excluding hydrogens is 715 g/mol. The summed E-state index contributed by atoms with van der Waals surface area (Å²) >= 11 is 0. The van der Waals surface area contributed by atoms with E-state index < -0.39 is 0 Å². The van der Waals surface area contributed by atoms with Gasteiger partial charge in [-0.3, -0.25) is 0 Å². The maximum absolute atomic E-state index is 6.77. The van der Waals surface area contributed by atoms with Crippen LogP contribution in [-0.4, -0.2) is 0 Å². The Balaban J connectivity index is 1.17. The smallest absolute Gasteiger partial charge is 0.143 e. The van der Waals surface area contributed by atoms with Gasteiger partial charge in [0.2, 0.25) is 0 Å². The summed E-state index contributed by atoms with van der Waals surface area (Å²) in [6, 6.07) is 75.3. The van der Waals surface area contributed by atoms with E-state index in [9.17, 15) is 0 Å². The first-order valence-corrected chi connectivity index (χ1v) is 20.6. The van der Waals surface area contributed by atoms with Crippen LogP contribution in [0, 0.1) is 0 Å². The summed E-state index contributed by atoms with van der Waals surface area (Å²) in [5.74, 6) is 0. The monoisotopic (exact) mass is 757 g/mol. The van der Waals surface area contributed by atoms with E-state index in [2.05, 4.69) is 226 Å². The average molecular weight is 758 g/mol. The van der Waals surface area contributed by atoms with E-state index in [1.54, 1.807) is 0 Å². The van der Waals surface area contributed by atoms with Crippen LogP contribution >= 0.6 is 0 Å². The molecule has 0 atom stereocenters. The molecule has 0 fully saturated rings. The van der Waals surface area contributed by atoms with Gasteiger partial charge in [-0.15, -0.1) is 0 Å². The standard InChI is InChI=1S/C57H43NO/c1-56(2)50-27-14-12-23-45(50)49-37-43(34-35-51(49)56)58(42-32-30-41(31-33-42)57(3,39-18-6-4-7-19-39)40-20-8-5-9-21-40)52-36-29-38-17-10-11-22-44(38)54(52)48-26-16-25-47-46-24-13-15-28-53(46)59-55(47)48/h4-37H,1-3H3. The summed E-state index contributed by atoms with van der Waals surface area (Å²) in [6.45, 7) is 7.04. The van der Waals surface area contributed by atoms with Crippen molar-refractivity contribution in [2.45, 2.75) is 31.6 Å².